The molecule has 4 nitrogen and oxygen atoms in total. The third-order valence-corrected chi connectivity index (χ3v) is 3.64. The molecule has 0 aliphatic carbocycles. The molecule has 16 heavy (non-hydrogen) atoms. The molecule has 0 radical (unpaired) electrons. The van der Waals surface area contributed by atoms with Crippen molar-refractivity contribution in [3.05, 3.63) is 38.8 Å². The van der Waals surface area contributed by atoms with Gasteiger partial charge in [0, 0.05) is 10.2 Å². The fourth-order valence-electron chi connectivity index (χ4n) is 1.03. The van der Waals surface area contributed by atoms with E-state index in [1.54, 1.807) is 18.2 Å². The molecule has 0 aliphatic rings. The molecule has 1 N–H and O–H groups in total. The summed E-state index contributed by atoms with van der Waals surface area (Å²) in [7, 11) is 0. The zero-order valence-electron chi connectivity index (χ0n) is 7.78. The molecule has 7 heteroatoms. The quantitative estimate of drug-likeness (QED) is 0.925. The summed E-state index contributed by atoms with van der Waals surface area (Å²) in [6.07, 6.45) is 1.42. The minimum absolute atomic E-state index is 0.232. The predicted molar refractivity (Wildman–Crippen MR) is 67.0 cm³/mol. The van der Waals surface area contributed by atoms with Gasteiger partial charge >= 0.3 is 0 Å². The lowest BCUT2D eigenvalue weighted by Crippen LogP contribution is -2.09. The Morgan fingerprint density at radius 1 is 1.50 bits per heavy atom. The maximum absolute atomic E-state index is 11.6. The van der Waals surface area contributed by atoms with Crippen LogP contribution in [0.2, 0.25) is 5.02 Å². The van der Waals surface area contributed by atoms with Crippen LogP contribution in [0.5, 0.6) is 0 Å². The Morgan fingerprint density at radius 2 is 2.31 bits per heavy atom. The fraction of sp³-hybridized carbons (Fsp3) is 0. The number of hydrogen-bond donors (Lipinski definition) is 1. The number of hydrogen-bond acceptors (Lipinski definition) is 4. The first-order valence-electron chi connectivity index (χ1n) is 4.20. The van der Waals surface area contributed by atoms with Crippen molar-refractivity contribution in [3.63, 3.8) is 0 Å². The van der Waals surface area contributed by atoms with Crippen molar-refractivity contribution in [2.24, 2.45) is 0 Å². The average Bonchev–Trinajstić information content (AvgIpc) is 2.77. The van der Waals surface area contributed by atoms with Gasteiger partial charge in [-0.15, -0.1) is 5.10 Å². The van der Waals surface area contributed by atoms with E-state index in [9.17, 15) is 4.79 Å². The number of carbonyl (C=O) groups is 1. The first kappa shape index (κ1) is 11.5. The number of nitrogens with zero attached hydrogens (tertiary/aromatic N) is 2. The Morgan fingerprint density at radius 3 is 2.94 bits per heavy atom. The predicted octanol–water partition coefficient (Wildman–Crippen LogP) is 3.21. The van der Waals surface area contributed by atoms with Gasteiger partial charge in [-0.1, -0.05) is 16.1 Å². The van der Waals surface area contributed by atoms with Crippen molar-refractivity contribution in [1.29, 1.82) is 0 Å². The molecule has 0 bridgehead atoms. The SMILES string of the molecule is O=C(Nc1ccc(Cl)c(Br)c1)c1cnns1. The highest BCUT2D eigenvalue weighted by Gasteiger charge is 2.09. The second kappa shape index (κ2) is 4.90. The van der Waals surface area contributed by atoms with Crippen molar-refractivity contribution in [2.75, 3.05) is 5.32 Å². The standard InChI is InChI=1S/C9H5BrClN3OS/c10-6-3-5(1-2-7(6)11)13-9(15)8-4-12-14-16-8/h1-4H,(H,13,15). The van der Waals surface area contributed by atoms with Crippen LogP contribution in [-0.4, -0.2) is 15.5 Å². The van der Waals surface area contributed by atoms with Gasteiger partial charge in [0.2, 0.25) is 0 Å². The Balaban J connectivity index is 2.15. The molecule has 1 aromatic carbocycles. The maximum atomic E-state index is 11.6. The Bertz CT molecular complexity index is 517. The summed E-state index contributed by atoms with van der Waals surface area (Å²) in [6, 6.07) is 5.15. The minimum Gasteiger partial charge on any atom is -0.321 e. The van der Waals surface area contributed by atoms with Crippen molar-refractivity contribution >= 4 is 50.7 Å². The van der Waals surface area contributed by atoms with Gasteiger partial charge < -0.3 is 5.32 Å². The van der Waals surface area contributed by atoms with E-state index in [-0.39, 0.29) is 5.91 Å². The van der Waals surface area contributed by atoms with E-state index in [1.807, 2.05) is 0 Å². The van der Waals surface area contributed by atoms with Crippen molar-refractivity contribution in [2.45, 2.75) is 0 Å². The monoisotopic (exact) mass is 317 g/mol. The van der Waals surface area contributed by atoms with Crippen LogP contribution >= 0.6 is 39.1 Å². The van der Waals surface area contributed by atoms with Gasteiger partial charge in [-0.05, 0) is 45.7 Å². The van der Waals surface area contributed by atoms with E-state index < -0.39 is 0 Å². The normalized spacial score (nSPS) is 10.1. The highest BCUT2D eigenvalue weighted by molar-refractivity contribution is 9.10. The molecule has 2 aromatic rings. The Hall–Kier alpha value is -0.980. The molecule has 1 heterocycles. The van der Waals surface area contributed by atoms with Gasteiger partial charge in [-0.25, -0.2) is 0 Å². The molecular formula is C9H5BrClN3OS. The number of amides is 1. The van der Waals surface area contributed by atoms with Crippen LogP contribution in [0.1, 0.15) is 9.67 Å². The maximum Gasteiger partial charge on any atom is 0.269 e. The lowest BCUT2D eigenvalue weighted by Gasteiger charge is -2.04. The largest absolute Gasteiger partial charge is 0.321 e. The van der Waals surface area contributed by atoms with Crippen LogP contribution in [0, 0.1) is 0 Å². The van der Waals surface area contributed by atoms with E-state index >= 15 is 0 Å². The van der Waals surface area contributed by atoms with Gasteiger partial charge in [-0.3, -0.25) is 4.79 Å². The van der Waals surface area contributed by atoms with Crippen LogP contribution < -0.4 is 5.32 Å². The molecule has 1 aromatic heterocycles. The van der Waals surface area contributed by atoms with Crippen LogP contribution in [0.3, 0.4) is 0 Å². The lowest BCUT2D eigenvalue weighted by molar-refractivity contribution is 0.103. The summed E-state index contributed by atoms with van der Waals surface area (Å²) in [5.41, 5.74) is 0.662. The highest BCUT2D eigenvalue weighted by atomic mass is 79.9. The first-order valence-corrected chi connectivity index (χ1v) is 6.15. The zero-order chi connectivity index (χ0) is 11.5. The number of halogens is 2. The molecule has 0 saturated carbocycles. The summed E-state index contributed by atoms with van der Waals surface area (Å²) < 4.78 is 4.35. The van der Waals surface area contributed by atoms with E-state index in [0.717, 1.165) is 16.0 Å². The Labute approximate surface area is 109 Å². The average molecular weight is 319 g/mol. The molecule has 0 fully saturated rings. The molecule has 0 aliphatic heterocycles. The van der Waals surface area contributed by atoms with Crippen molar-refractivity contribution in [3.8, 4) is 0 Å². The molecule has 0 atom stereocenters. The summed E-state index contributed by atoms with van der Waals surface area (Å²) in [5, 5.41) is 6.90. The van der Waals surface area contributed by atoms with Crippen LogP contribution in [0.25, 0.3) is 0 Å². The first-order chi connectivity index (χ1) is 7.66. The number of anilines is 1. The van der Waals surface area contributed by atoms with Crippen molar-refractivity contribution in [1.82, 2.24) is 9.59 Å². The minimum atomic E-state index is -0.232. The lowest BCUT2D eigenvalue weighted by atomic mass is 10.3. The summed E-state index contributed by atoms with van der Waals surface area (Å²) in [6.45, 7) is 0. The second-order valence-corrected chi connectivity index (χ2v) is 4.91. The highest BCUT2D eigenvalue weighted by Crippen LogP contribution is 2.25. The van der Waals surface area contributed by atoms with Crippen LogP contribution in [0.15, 0.2) is 28.9 Å². The Kier molecular flexibility index (Phi) is 3.52. The number of benzene rings is 1. The van der Waals surface area contributed by atoms with Gasteiger partial charge in [0.25, 0.3) is 5.91 Å². The zero-order valence-corrected chi connectivity index (χ0v) is 10.9. The van der Waals surface area contributed by atoms with Gasteiger partial charge in [-0.2, -0.15) is 0 Å². The number of rotatable bonds is 2. The molecule has 2 rings (SSSR count). The van der Waals surface area contributed by atoms with Crippen LogP contribution in [-0.2, 0) is 0 Å². The fourth-order valence-corrected chi connectivity index (χ4v) is 1.94. The second-order valence-electron chi connectivity index (χ2n) is 2.86. The van der Waals surface area contributed by atoms with Gasteiger partial charge in [0.05, 0.1) is 11.2 Å². The third kappa shape index (κ3) is 2.58. The molecule has 82 valence electrons. The van der Waals surface area contributed by atoms with E-state index in [2.05, 4.69) is 30.8 Å². The summed E-state index contributed by atoms with van der Waals surface area (Å²) >= 11 is 10.2. The van der Waals surface area contributed by atoms with Gasteiger partial charge in [0.15, 0.2) is 0 Å². The number of nitrogens with one attached hydrogen (secondary N) is 1. The smallest absolute Gasteiger partial charge is 0.269 e. The molecule has 0 saturated heterocycles. The molecule has 1 amide bonds. The summed E-state index contributed by atoms with van der Waals surface area (Å²) in [5.74, 6) is -0.232. The molecule has 0 spiro atoms. The molecule has 0 unspecified atom stereocenters. The topological polar surface area (TPSA) is 54.9 Å². The number of carbonyl (C=O) groups excluding carboxylic acids is 1. The van der Waals surface area contributed by atoms with Crippen molar-refractivity contribution < 1.29 is 4.79 Å². The van der Waals surface area contributed by atoms with E-state index in [4.69, 9.17) is 11.6 Å². The van der Waals surface area contributed by atoms with E-state index in [1.165, 1.54) is 6.20 Å². The molecular weight excluding hydrogens is 314 g/mol. The van der Waals surface area contributed by atoms with Gasteiger partial charge in [0.1, 0.15) is 4.88 Å². The number of aromatic nitrogens is 2. The van der Waals surface area contributed by atoms with Crippen LogP contribution in [0.4, 0.5) is 5.69 Å². The van der Waals surface area contributed by atoms with E-state index in [0.29, 0.717) is 15.6 Å². The third-order valence-electron chi connectivity index (χ3n) is 1.76. The summed E-state index contributed by atoms with van der Waals surface area (Å²) in [4.78, 5) is 12.1.